The second-order valence-corrected chi connectivity index (χ2v) is 10.3. The Labute approximate surface area is 235 Å². The lowest BCUT2D eigenvalue weighted by Crippen LogP contribution is -2.33. The molecule has 0 saturated heterocycles. The van der Waals surface area contributed by atoms with Gasteiger partial charge in [-0.3, -0.25) is 9.36 Å². The van der Waals surface area contributed by atoms with Crippen LogP contribution in [0.3, 0.4) is 0 Å². The van der Waals surface area contributed by atoms with Crippen molar-refractivity contribution in [2.45, 2.75) is 37.4 Å². The SMILES string of the molecule is COc1ccc(-n2c(SCC(F)F)nnc2C(Cc2ccccc2)NC(=O)Cc2c(C)[nH]c3ccccc23)cc1. The average Bonchev–Trinajstić information content (AvgIpc) is 3.53. The van der Waals surface area contributed by atoms with Gasteiger partial charge in [-0.25, -0.2) is 8.78 Å². The second-order valence-electron chi connectivity index (χ2n) is 9.34. The summed E-state index contributed by atoms with van der Waals surface area (Å²) in [6, 6.07) is 24.2. The molecule has 0 aliphatic carbocycles. The molecule has 10 heteroatoms. The quantitative estimate of drug-likeness (QED) is 0.191. The van der Waals surface area contributed by atoms with Crippen LogP contribution in [0.4, 0.5) is 8.78 Å². The molecule has 5 rings (SSSR count). The van der Waals surface area contributed by atoms with Crippen LogP contribution in [-0.2, 0) is 17.6 Å². The van der Waals surface area contributed by atoms with Crippen LogP contribution in [0.2, 0.25) is 0 Å². The zero-order chi connectivity index (χ0) is 28.1. The molecule has 2 aromatic heterocycles. The number of halogens is 2. The Morgan fingerprint density at radius 1 is 1.02 bits per heavy atom. The van der Waals surface area contributed by atoms with Crippen LogP contribution in [0.5, 0.6) is 5.75 Å². The number of rotatable bonds is 11. The Balaban J connectivity index is 1.51. The van der Waals surface area contributed by atoms with Gasteiger partial charge in [0.25, 0.3) is 0 Å². The van der Waals surface area contributed by atoms with E-state index in [0.29, 0.717) is 28.8 Å². The molecule has 2 N–H and O–H groups in total. The lowest BCUT2D eigenvalue weighted by Gasteiger charge is -2.20. The van der Waals surface area contributed by atoms with Gasteiger partial charge in [-0.2, -0.15) is 0 Å². The molecule has 0 saturated carbocycles. The number of aryl methyl sites for hydroxylation is 1. The number of hydrogen-bond donors (Lipinski definition) is 2. The first-order valence-corrected chi connectivity index (χ1v) is 13.8. The molecule has 0 radical (unpaired) electrons. The summed E-state index contributed by atoms with van der Waals surface area (Å²) in [6.45, 7) is 1.96. The first-order chi connectivity index (χ1) is 19.4. The fourth-order valence-corrected chi connectivity index (χ4v) is 5.44. The van der Waals surface area contributed by atoms with E-state index < -0.39 is 18.2 Å². The smallest absolute Gasteiger partial charge is 0.248 e. The van der Waals surface area contributed by atoms with Crippen LogP contribution in [0.25, 0.3) is 16.6 Å². The van der Waals surface area contributed by atoms with Crippen LogP contribution in [0, 0.1) is 6.92 Å². The standard InChI is InChI=1S/C30H29F2N5O2S/c1-19-24(23-10-6-7-11-25(23)33-19)17-28(38)34-26(16-20-8-4-3-5-9-20)29-35-36-30(40-18-27(31)32)37(29)21-12-14-22(39-2)15-13-21/h3-15,26-27,33H,16-18H2,1-2H3,(H,34,38). The molecule has 0 fully saturated rings. The molecule has 5 aromatic rings. The van der Waals surface area contributed by atoms with Crippen molar-refractivity contribution in [2.24, 2.45) is 0 Å². The van der Waals surface area contributed by atoms with Gasteiger partial charge < -0.3 is 15.0 Å². The molecule has 1 atom stereocenters. The zero-order valence-electron chi connectivity index (χ0n) is 22.1. The van der Waals surface area contributed by atoms with Crippen molar-refractivity contribution in [3.8, 4) is 11.4 Å². The van der Waals surface area contributed by atoms with Crippen molar-refractivity contribution in [3.05, 3.63) is 102 Å². The van der Waals surface area contributed by atoms with Gasteiger partial charge in [0, 0.05) is 22.3 Å². The molecule has 2 heterocycles. The molecule has 3 aromatic carbocycles. The number of aromatic nitrogens is 4. The van der Waals surface area contributed by atoms with Crippen LogP contribution in [0.15, 0.2) is 84.0 Å². The van der Waals surface area contributed by atoms with Gasteiger partial charge in [-0.1, -0.05) is 60.3 Å². The minimum atomic E-state index is -2.51. The van der Waals surface area contributed by atoms with Crippen molar-refractivity contribution in [1.82, 2.24) is 25.1 Å². The number of fused-ring (bicyclic) bond motifs is 1. The van der Waals surface area contributed by atoms with Gasteiger partial charge in [0.15, 0.2) is 11.0 Å². The number of nitrogens with zero attached hydrogens (tertiary/aromatic N) is 3. The first kappa shape index (κ1) is 27.4. The Kier molecular flexibility index (Phi) is 8.45. The third-order valence-electron chi connectivity index (χ3n) is 6.62. The van der Waals surface area contributed by atoms with Crippen LogP contribution in [-0.4, -0.2) is 44.9 Å². The first-order valence-electron chi connectivity index (χ1n) is 12.8. The van der Waals surface area contributed by atoms with E-state index in [9.17, 15) is 13.6 Å². The highest BCUT2D eigenvalue weighted by molar-refractivity contribution is 7.99. The summed E-state index contributed by atoms with van der Waals surface area (Å²) in [7, 11) is 1.57. The Morgan fingerprint density at radius 3 is 2.48 bits per heavy atom. The van der Waals surface area contributed by atoms with E-state index in [1.165, 1.54) is 0 Å². The summed E-state index contributed by atoms with van der Waals surface area (Å²) >= 11 is 0.922. The third-order valence-corrected chi connectivity index (χ3v) is 7.56. The van der Waals surface area contributed by atoms with Crippen molar-refractivity contribution in [1.29, 1.82) is 0 Å². The molecule has 0 aliphatic heterocycles. The van der Waals surface area contributed by atoms with Crippen molar-refractivity contribution in [3.63, 3.8) is 0 Å². The summed E-state index contributed by atoms with van der Waals surface area (Å²) in [5, 5.41) is 13.2. The summed E-state index contributed by atoms with van der Waals surface area (Å²) < 4.78 is 33.3. The third kappa shape index (κ3) is 6.17. The summed E-state index contributed by atoms with van der Waals surface area (Å²) in [5.74, 6) is 0.502. The predicted molar refractivity (Wildman–Crippen MR) is 152 cm³/mol. The number of carbonyl (C=O) groups excluding carboxylic acids is 1. The molecule has 1 amide bonds. The minimum absolute atomic E-state index is 0.171. The average molecular weight is 562 g/mol. The van der Waals surface area contributed by atoms with Gasteiger partial charge >= 0.3 is 0 Å². The van der Waals surface area contributed by atoms with Crippen molar-refractivity contribution >= 4 is 28.6 Å². The molecule has 0 spiro atoms. The number of H-pyrrole nitrogens is 1. The van der Waals surface area contributed by atoms with E-state index in [1.807, 2.05) is 73.7 Å². The number of benzene rings is 3. The number of alkyl halides is 2. The maximum Gasteiger partial charge on any atom is 0.248 e. The zero-order valence-corrected chi connectivity index (χ0v) is 22.9. The lowest BCUT2D eigenvalue weighted by molar-refractivity contribution is -0.121. The molecule has 40 heavy (non-hydrogen) atoms. The summed E-state index contributed by atoms with van der Waals surface area (Å²) in [4.78, 5) is 16.9. The fourth-order valence-electron chi connectivity index (χ4n) is 4.74. The summed E-state index contributed by atoms with van der Waals surface area (Å²) in [5.41, 5.74) is 4.50. The van der Waals surface area contributed by atoms with E-state index in [2.05, 4.69) is 20.5 Å². The predicted octanol–water partition coefficient (Wildman–Crippen LogP) is 6.07. The Morgan fingerprint density at radius 2 is 1.75 bits per heavy atom. The normalized spacial score (nSPS) is 12.1. The van der Waals surface area contributed by atoms with E-state index in [0.717, 1.165) is 39.5 Å². The number of thioether (sulfide) groups is 1. The number of hydrogen-bond acceptors (Lipinski definition) is 5. The lowest BCUT2D eigenvalue weighted by atomic mass is 10.0. The topological polar surface area (TPSA) is 84.8 Å². The second kappa shape index (κ2) is 12.3. The molecular weight excluding hydrogens is 532 g/mol. The highest BCUT2D eigenvalue weighted by Crippen LogP contribution is 2.29. The molecule has 206 valence electrons. The summed E-state index contributed by atoms with van der Waals surface area (Å²) in [6.07, 6.45) is -1.90. The van der Waals surface area contributed by atoms with E-state index >= 15 is 0 Å². The Hall–Kier alpha value is -4.18. The highest BCUT2D eigenvalue weighted by Gasteiger charge is 2.26. The molecule has 0 bridgehead atoms. The molecule has 7 nitrogen and oxygen atoms in total. The number of nitrogens with one attached hydrogen (secondary N) is 2. The van der Waals surface area contributed by atoms with Gasteiger partial charge in [0.1, 0.15) is 5.75 Å². The number of ether oxygens (including phenoxy) is 1. The van der Waals surface area contributed by atoms with Crippen LogP contribution >= 0.6 is 11.8 Å². The van der Waals surface area contributed by atoms with Gasteiger partial charge in [-0.15, -0.1) is 10.2 Å². The van der Waals surface area contributed by atoms with Gasteiger partial charge in [-0.05, 0) is 54.8 Å². The van der Waals surface area contributed by atoms with Gasteiger partial charge in [0.05, 0.1) is 25.3 Å². The van der Waals surface area contributed by atoms with Crippen molar-refractivity contribution < 1.29 is 18.3 Å². The van der Waals surface area contributed by atoms with Crippen molar-refractivity contribution in [2.75, 3.05) is 12.9 Å². The van der Waals surface area contributed by atoms with Crippen LogP contribution in [0.1, 0.15) is 28.7 Å². The van der Waals surface area contributed by atoms with E-state index in [4.69, 9.17) is 4.74 Å². The molecular formula is C30H29F2N5O2S. The number of carbonyl (C=O) groups is 1. The van der Waals surface area contributed by atoms with Gasteiger partial charge in [0.2, 0.25) is 12.3 Å². The molecule has 1 unspecified atom stereocenters. The maximum atomic E-state index is 13.5. The van der Waals surface area contributed by atoms with E-state index in [1.54, 1.807) is 23.8 Å². The Bertz CT molecular complexity index is 1590. The highest BCUT2D eigenvalue weighted by atomic mass is 32.2. The fraction of sp³-hybridized carbons (Fsp3) is 0.233. The number of para-hydroxylation sites is 1. The monoisotopic (exact) mass is 561 g/mol. The largest absolute Gasteiger partial charge is 0.497 e. The number of amides is 1. The van der Waals surface area contributed by atoms with Crippen LogP contribution < -0.4 is 10.1 Å². The van der Waals surface area contributed by atoms with E-state index in [-0.39, 0.29) is 12.3 Å². The maximum absolute atomic E-state index is 13.5. The molecule has 0 aliphatic rings. The minimum Gasteiger partial charge on any atom is -0.497 e. The number of methoxy groups -OCH3 is 1. The number of aromatic amines is 1.